The van der Waals surface area contributed by atoms with Gasteiger partial charge in [0.2, 0.25) is 17.4 Å². The molecule has 1 spiro atoms. The van der Waals surface area contributed by atoms with Crippen LogP contribution in [0.3, 0.4) is 0 Å². The predicted molar refractivity (Wildman–Crippen MR) is 97.9 cm³/mol. The molecule has 2 saturated heterocycles. The number of fused-ring (bicyclic) bond motifs is 5. The van der Waals surface area contributed by atoms with Gasteiger partial charge in [-0.05, 0) is 25.5 Å². The van der Waals surface area contributed by atoms with Gasteiger partial charge in [0, 0.05) is 13.0 Å². The lowest BCUT2D eigenvalue weighted by atomic mass is 9.66. The number of urea groups is 1. The van der Waals surface area contributed by atoms with E-state index in [1.165, 1.54) is 11.0 Å². The third kappa shape index (κ3) is 2.54. The lowest BCUT2D eigenvalue weighted by molar-refractivity contribution is -0.153. The summed E-state index contributed by atoms with van der Waals surface area (Å²) in [5.74, 6) is -2.61. The zero-order valence-electron chi connectivity index (χ0n) is 16.4. The quantitative estimate of drug-likeness (QED) is 0.653. The van der Waals surface area contributed by atoms with Crippen LogP contribution in [0.1, 0.15) is 31.5 Å². The summed E-state index contributed by atoms with van der Waals surface area (Å²) < 4.78 is 52.9. The smallest absolute Gasteiger partial charge is 0.328 e. The first-order valence-electron chi connectivity index (χ1n) is 9.63. The second-order valence-electron chi connectivity index (χ2n) is 8.08. The lowest BCUT2D eigenvalue weighted by Crippen LogP contribution is -2.75. The van der Waals surface area contributed by atoms with Gasteiger partial charge in [-0.2, -0.15) is 0 Å². The summed E-state index contributed by atoms with van der Waals surface area (Å²) in [6.07, 6.45) is -4.40. The van der Waals surface area contributed by atoms with E-state index in [2.05, 4.69) is 15.8 Å². The van der Waals surface area contributed by atoms with Crippen LogP contribution in [0.2, 0.25) is 0 Å². The summed E-state index contributed by atoms with van der Waals surface area (Å²) in [4.78, 5) is 39.3. The Hall–Kier alpha value is -3.15. The summed E-state index contributed by atoms with van der Waals surface area (Å²) in [5.41, 5.74) is -2.79. The molecular formula is C19H17F3N4O5. The highest BCUT2D eigenvalue weighted by atomic mass is 19.3. The number of morpholine rings is 1. The van der Waals surface area contributed by atoms with E-state index >= 15 is 4.39 Å². The summed E-state index contributed by atoms with van der Waals surface area (Å²) in [5, 5.41) is 7.27. The Kier molecular flexibility index (Phi) is 4.10. The van der Waals surface area contributed by atoms with Gasteiger partial charge >= 0.3 is 6.03 Å². The molecule has 3 aliphatic rings. The second kappa shape index (κ2) is 6.42. The van der Waals surface area contributed by atoms with Gasteiger partial charge in [-0.1, -0.05) is 5.16 Å². The molecule has 0 radical (unpaired) electrons. The molecular weight excluding hydrogens is 421 g/mol. The third-order valence-electron chi connectivity index (χ3n) is 6.20. The zero-order chi connectivity index (χ0) is 22.2. The fraction of sp³-hybridized carbons (Fsp3) is 0.474. The first-order valence-corrected chi connectivity index (χ1v) is 9.63. The molecule has 0 bridgehead atoms. The van der Waals surface area contributed by atoms with E-state index in [9.17, 15) is 23.2 Å². The Morgan fingerprint density at radius 1 is 1.23 bits per heavy atom. The Morgan fingerprint density at radius 3 is 2.55 bits per heavy atom. The highest BCUT2D eigenvalue weighted by molar-refractivity contribution is 6.20. The molecule has 0 unspecified atom stereocenters. The van der Waals surface area contributed by atoms with Crippen LogP contribution >= 0.6 is 0 Å². The van der Waals surface area contributed by atoms with Crippen LogP contribution in [0.4, 0.5) is 23.7 Å². The van der Waals surface area contributed by atoms with Gasteiger partial charge in [0.15, 0.2) is 16.9 Å². The normalized spacial score (nSPS) is 27.4. The molecule has 4 amide bonds. The minimum atomic E-state index is -3.01. The fourth-order valence-electron chi connectivity index (χ4n) is 5.12. The van der Waals surface area contributed by atoms with E-state index < -0.39 is 58.9 Å². The molecule has 2 fully saturated rings. The first kappa shape index (κ1) is 19.8. The van der Waals surface area contributed by atoms with Crippen molar-refractivity contribution in [2.24, 2.45) is 5.41 Å². The minimum Gasteiger partial charge on any atom is -0.372 e. The van der Waals surface area contributed by atoms with Crippen LogP contribution in [0, 0.1) is 11.2 Å². The number of nitrogens with one attached hydrogen (secondary N) is 2. The number of alkyl halides is 2. The van der Waals surface area contributed by atoms with Gasteiger partial charge in [-0.3, -0.25) is 20.2 Å². The maximum Gasteiger partial charge on any atom is 0.328 e. The maximum absolute atomic E-state index is 15.5. The molecule has 31 heavy (non-hydrogen) atoms. The number of imide groups is 2. The number of halogens is 3. The number of benzene rings is 1. The molecule has 3 atom stereocenters. The van der Waals surface area contributed by atoms with Crippen LogP contribution in [-0.2, 0) is 20.7 Å². The number of anilines is 1. The van der Waals surface area contributed by atoms with Crippen molar-refractivity contribution in [2.45, 2.75) is 44.9 Å². The average molecular weight is 438 g/mol. The molecule has 1 aromatic carbocycles. The molecule has 0 aliphatic carbocycles. The molecule has 12 heteroatoms. The van der Waals surface area contributed by atoms with Crippen molar-refractivity contribution in [2.75, 3.05) is 11.4 Å². The summed E-state index contributed by atoms with van der Waals surface area (Å²) in [6, 6.07) is -0.643. The number of hydrogen-bond acceptors (Lipinski definition) is 7. The number of nitrogens with zero attached hydrogens (tertiary/aromatic N) is 2. The number of carbonyl (C=O) groups is 3. The maximum atomic E-state index is 15.5. The van der Waals surface area contributed by atoms with Gasteiger partial charge in [-0.15, -0.1) is 0 Å². The van der Waals surface area contributed by atoms with Crippen molar-refractivity contribution >= 4 is 34.5 Å². The van der Waals surface area contributed by atoms with Gasteiger partial charge in [0.25, 0.3) is 6.43 Å². The van der Waals surface area contributed by atoms with E-state index in [0.29, 0.717) is 0 Å². The highest BCUT2D eigenvalue weighted by Crippen LogP contribution is 2.49. The van der Waals surface area contributed by atoms with Crippen molar-refractivity contribution in [1.29, 1.82) is 0 Å². The Labute approximate surface area is 172 Å². The largest absolute Gasteiger partial charge is 0.372 e. The number of carbonyl (C=O) groups excluding carboxylic acids is 3. The molecule has 9 nitrogen and oxygen atoms in total. The van der Waals surface area contributed by atoms with Crippen LogP contribution in [0.25, 0.3) is 11.0 Å². The van der Waals surface area contributed by atoms with Gasteiger partial charge < -0.3 is 14.2 Å². The SMILES string of the molecule is C[C@H]1CN2c3c(cc4c(C(F)F)noc4c3F)CC3(C(=O)NC(=O)NC3=O)[C@@H]2[C@@H](C)O1. The molecule has 164 valence electrons. The number of rotatable bonds is 1. The van der Waals surface area contributed by atoms with Crippen molar-refractivity contribution < 1.29 is 36.8 Å². The monoisotopic (exact) mass is 438 g/mol. The van der Waals surface area contributed by atoms with Crippen molar-refractivity contribution in [3.8, 4) is 0 Å². The van der Waals surface area contributed by atoms with Crippen molar-refractivity contribution in [3.63, 3.8) is 0 Å². The molecule has 4 heterocycles. The van der Waals surface area contributed by atoms with E-state index in [4.69, 9.17) is 9.26 Å². The fourth-order valence-corrected chi connectivity index (χ4v) is 5.12. The van der Waals surface area contributed by atoms with Crippen LogP contribution < -0.4 is 15.5 Å². The molecule has 2 aromatic rings. The first-order chi connectivity index (χ1) is 14.6. The topological polar surface area (TPSA) is 114 Å². The number of amides is 4. The lowest BCUT2D eigenvalue weighted by Gasteiger charge is -2.55. The van der Waals surface area contributed by atoms with Crippen LogP contribution in [0.15, 0.2) is 10.6 Å². The zero-order valence-corrected chi connectivity index (χ0v) is 16.4. The Bertz CT molecular complexity index is 1130. The minimum absolute atomic E-state index is 0.0413. The van der Waals surface area contributed by atoms with Crippen molar-refractivity contribution in [1.82, 2.24) is 15.8 Å². The number of ether oxygens (including phenoxy) is 1. The van der Waals surface area contributed by atoms with E-state index in [-0.39, 0.29) is 35.7 Å². The molecule has 1 aromatic heterocycles. The second-order valence-corrected chi connectivity index (χ2v) is 8.08. The summed E-state index contributed by atoms with van der Waals surface area (Å²) in [7, 11) is 0. The number of barbiturate groups is 1. The molecule has 2 N–H and O–H groups in total. The Balaban J connectivity index is 1.79. The van der Waals surface area contributed by atoms with Gasteiger partial charge in [0.1, 0.15) is 0 Å². The van der Waals surface area contributed by atoms with E-state index in [0.717, 1.165) is 0 Å². The van der Waals surface area contributed by atoms with Gasteiger partial charge in [-0.25, -0.2) is 18.0 Å². The molecule has 3 aliphatic heterocycles. The van der Waals surface area contributed by atoms with Gasteiger partial charge in [0.05, 0.1) is 29.3 Å². The predicted octanol–water partition coefficient (Wildman–Crippen LogP) is 1.80. The van der Waals surface area contributed by atoms with Crippen molar-refractivity contribution in [3.05, 3.63) is 23.1 Å². The standard InChI is InChI=1S/C19H17F3N4O5/c1-6-5-26-12-8(3-9-11(15(21)22)25-31-13(9)10(12)20)4-19(14(26)7(2)30-6)16(27)23-18(29)24-17(19)28/h3,6-7,14-15H,4-5H2,1-2H3,(H2,23,24,27,28,29)/t6-,7+,14-/m0/s1. The molecule has 0 saturated carbocycles. The third-order valence-corrected chi connectivity index (χ3v) is 6.20. The average Bonchev–Trinajstić information content (AvgIpc) is 3.09. The molecule has 5 rings (SSSR count). The summed E-state index contributed by atoms with van der Waals surface area (Å²) in [6.45, 7) is 3.52. The van der Waals surface area contributed by atoms with E-state index in [1.54, 1.807) is 13.8 Å². The number of hydrogen-bond donors (Lipinski definition) is 2. The highest BCUT2D eigenvalue weighted by Gasteiger charge is 2.63. The number of aromatic nitrogens is 1. The summed E-state index contributed by atoms with van der Waals surface area (Å²) >= 11 is 0. The van der Waals surface area contributed by atoms with E-state index in [1.807, 2.05) is 0 Å². The van der Waals surface area contributed by atoms with Crippen LogP contribution in [-0.4, -0.2) is 47.8 Å². The van der Waals surface area contributed by atoms with Crippen LogP contribution in [0.5, 0.6) is 0 Å². The Morgan fingerprint density at radius 2 is 1.90 bits per heavy atom.